The highest BCUT2D eigenvalue weighted by atomic mass is 19.1. The second kappa shape index (κ2) is 3.73. The molecule has 0 amide bonds. The van der Waals surface area contributed by atoms with Crippen molar-refractivity contribution in [2.45, 2.75) is 0 Å². The summed E-state index contributed by atoms with van der Waals surface area (Å²) in [6, 6.07) is 2.93. The summed E-state index contributed by atoms with van der Waals surface area (Å²) in [5.41, 5.74) is 6.13. The minimum atomic E-state index is -0.785. The number of anilines is 1. The van der Waals surface area contributed by atoms with E-state index in [9.17, 15) is 9.50 Å². The van der Waals surface area contributed by atoms with Crippen molar-refractivity contribution in [2.24, 2.45) is 0 Å². The van der Waals surface area contributed by atoms with Gasteiger partial charge in [0.05, 0.1) is 13.3 Å². The summed E-state index contributed by atoms with van der Waals surface area (Å²) in [6.07, 6.45) is 1.39. The number of rotatable bonds is 2. The highest BCUT2D eigenvalue weighted by Gasteiger charge is 2.16. The van der Waals surface area contributed by atoms with Gasteiger partial charge in [0.2, 0.25) is 0 Å². The number of nitrogens with one attached hydrogen (secondary N) is 1. The highest BCUT2D eigenvalue weighted by molar-refractivity contribution is 5.75. The van der Waals surface area contributed by atoms with Gasteiger partial charge in [0, 0.05) is 11.1 Å². The van der Waals surface area contributed by atoms with Crippen LogP contribution in [0.15, 0.2) is 18.3 Å². The molecule has 6 heteroatoms. The van der Waals surface area contributed by atoms with Crippen LogP contribution in [-0.2, 0) is 0 Å². The maximum atomic E-state index is 13.8. The van der Waals surface area contributed by atoms with Gasteiger partial charge in [-0.3, -0.25) is 5.10 Å². The first kappa shape index (κ1) is 10.3. The van der Waals surface area contributed by atoms with Crippen molar-refractivity contribution in [1.82, 2.24) is 10.2 Å². The van der Waals surface area contributed by atoms with Crippen molar-refractivity contribution in [3.05, 3.63) is 24.1 Å². The van der Waals surface area contributed by atoms with Crippen molar-refractivity contribution in [3.63, 3.8) is 0 Å². The number of nitrogens with two attached hydrogens (primary N) is 1. The molecule has 0 saturated carbocycles. The number of aromatic hydroxyl groups is 1. The monoisotopic (exact) mass is 223 g/mol. The smallest absolute Gasteiger partial charge is 0.194 e. The molecular formula is C10H10FN3O2. The van der Waals surface area contributed by atoms with Crippen LogP contribution in [-0.4, -0.2) is 22.4 Å². The van der Waals surface area contributed by atoms with Crippen LogP contribution in [0.3, 0.4) is 0 Å². The molecule has 0 aliphatic heterocycles. The number of aromatic amines is 1. The van der Waals surface area contributed by atoms with Crippen LogP contribution in [0, 0.1) is 5.82 Å². The molecule has 0 unspecified atom stereocenters. The number of aromatic nitrogens is 2. The molecule has 5 nitrogen and oxygen atoms in total. The molecule has 16 heavy (non-hydrogen) atoms. The van der Waals surface area contributed by atoms with Crippen molar-refractivity contribution < 1.29 is 14.2 Å². The largest absolute Gasteiger partial charge is 0.502 e. The van der Waals surface area contributed by atoms with Gasteiger partial charge >= 0.3 is 0 Å². The first-order valence-electron chi connectivity index (χ1n) is 4.49. The van der Waals surface area contributed by atoms with E-state index in [1.54, 1.807) is 0 Å². The molecule has 0 saturated heterocycles. The number of phenolic OH excluding ortho intramolecular Hbond substituents is 1. The lowest BCUT2D eigenvalue weighted by molar-refractivity contribution is 0.357. The van der Waals surface area contributed by atoms with E-state index in [1.807, 2.05) is 0 Å². The first-order chi connectivity index (χ1) is 7.65. The molecule has 0 radical (unpaired) electrons. The molecule has 1 aromatic carbocycles. The SMILES string of the molecule is COc1ccc(-c2cn[nH]c2N)c(F)c1O. The molecule has 0 spiro atoms. The van der Waals surface area contributed by atoms with Crippen molar-refractivity contribution in [2.75, 3.05) is 12.8 Å². The van der Waals surface area contributed by atoms with Crippen molar-refractivity contribution >= 4 is 5.82 Å². The van der Waals surface area contributed by atoms with Crippen LogP contribution in [0.25, 0.3) is 11.1 Å². The molecule has 1 heterocycles. The van der Waals surface area contributed by atoms with Gasteiger partial charge in [-0.1, -0.05) is 0 Å². The van der Waals surface area contributed by atoms with E-state index >= 15 is 0 Å². The Morgan fingerprint density at radius 2 is 2.19 bits per heavy atom. The van der Waals surface area contributed by atoms with Crippen LogP contribution >= 0.6 is 0 Å². The van der Waals surface area contributed by atoms with E-state index in [0.29, 0.717) is 5.56 Å². The Morgan fingerprint density at radius 3 is 2.75 bits per heavy atom. The predicted molar refractivity (Wildman–Crippen MR) is 56.6 cm³/mol. The van der Waals surface area contributed by atoms with Gasteiger partial charge in [-0.2, -0.15) is 5.10 Å². The fourth-order valence-corrected chi connectivity index (χ4v) is 1.43. The van der Waals surface area contributed by atoms with Crippen LogP contribution < -0.4 is 10.5 Å². The van der Waals surface area contributed by atoms with E-state index in [1.165, 1.54) is 25.4 Å². The molecule has 4 N–H and O–H groups in total. The first-order valence-corrected chi connectivity index (χ1v) is 4.49. The molecule has 0 aliphatic rings. The Kier molecular flexibility index (Phi) is 2.40. The lowest BCUT2D eigenvalue weighted by atomic mass is 10.1. The number of benzene rings is 1. The minimum absolute atomic E-state index is 0.0725. The summed E-state index contributed by atoms with van der Waals surface area (Å²) >= 11 is 0. The number of halogens is 1. The second-order valence-electron chi connectivity index (χ2n) is 3.18. The zero-order chi connectivity index (χ0) is 11.7. The summed E-state index contributed by atoms with van der Waals surface area (Å²) < 4.78 is 18.5. The highest BCUT2D eigenvalue weighted by Crippen LogP contribution is 2.36. The average Bonchev–Trinajstić information content (AvgIpc) is 2.69. The van der Waals surface area contributed by atoms with Gasteiger partial charge in [-0.05, 0) is 12.1 Å². The fraction of sp³-hybridized carbons (Fsp3) is 0.100. The topological polar surface area (TPSA) is 84.2 Å². The molecule has 0 bridgehead atoms. The number of hydrogen-bond acceptors (Lipinski definition) is 4. The molecule has 0 atom stereocenters. The van der Waals surface area contributed by atoms with E-state index < -0.39 is 11.6 Å². The Labute approximate surface area is 90.7 Å². The van der Waals surface area contributed by atoms with Crippen LogP contribution in [0.5, 0.6) is 11.5 Å². The quantitative estimate of drug-likeness (QED) is 0.720. The van der Waals surface area contributed by atoms with Gasteiger partial charge < -0.3 is 15.6 Å². The third-order valence-electron chi connectivity index (χ3n) is 2.26. The van der Waals surface area contributed by atoms with E-state index in [2.05, 4.69) is 10.2 Å². The summed E-state index contributed by atoms with van der Waals surface area (Å²) in [6.45, 7) is 0. The van der Waals surface area contributed by atoms with E-state index in [0.717, 1.165) is 0 Å². The summed E-state index contributed by atoms with van der Waals surface area (Å²) in [7, 11) is 1.35. The summed E-state index contributed by atoms with van der Waals surface area (Å²) in [4.78, 5) is 0. The Balaban J connectivity index is 2.60. The molecule has 0 fully saturated rings. The summed E-state index contributed by atoms with van der Waals surface area (Å²) in [5, 5.41) is 15.7. The molecule has 2 rings (SSSR count). The van der Waals surface area contributed by atoms with Crippen LogP contribution in [0.4, 0.5) is 10.2 Å². The number of methoxy groups -OCH3 is 1. The van der Waals surface area contributed by atoms with Gasteiger partial charge in [-0.15, -0.1) is 0 Å². The minimum Gasteiger partial charge on any atom is -0.502 e. The number of ether oxygens (including phenoxy) is 1. The second-order valence-corrected chi connectivity index (χ2v) is 3.18. The number of H-pyrrole nitrogens is 1. The molecule has 1 aromatic heterocycles. The Morgan fingerprint density at radius 1 is 1.44 bits per heavy atom. The van der Waals surface area contributed by atoms with Crippen LogP contribution in [0.1, 0.15) is 0 Å². The van der Waals surface area contributed by atoms with Crippen LogP contribution in [0.2, 0.25) is 0 Å². The fourth-order valence-electron chi connectivity index (χ4n) is 1.43. The van der Waals surface area contributed by atoms with E-state index in [4.69, 9.17) is 10.5 Å². The predicted octanol–water partition coefficient (Wildman–Crippen LogP) is 1.51. The average molecular weight is 223 g/mol. The van der Waals surface area contributed by atoms with E-state index in [-0.39, 0.29) is 17.1 Å². The number of phenols is 1. The number of nitrogen functional groups attached to an aromatic ring is 1. The molecule has 2 aromatic rings. The van der Waals surface area contributed by atoms with Gasteiger partial charge in [0.25, 0.3) is 0 Å². The molecule has 0 aliphatic carbocycles. The third-order valence-corrected chi connectivity index (χ3v) is 2.26. The van der Waals surface area contributed by atoms with Crippen molar-refractivity contribution in [3.8, 4) is 22.6 Å². The molecule has 84 valence electrons. The standard InChI is InChI=1S/C10H10FN3O2/c1-16-7-3-2-5(8(11)9(7)15)6-4-13-14-10(6)12/h2-4,15H,1H3,(H3,12,13,14). The van der Waals surface area contributed by atoms with Gasteiger partial charge in [0.1, 0.15) is 5.82 Å². The number of hydrogen-bond donors (Lipinski definition) is 3. The molecular weight excluding hydrogens is 213 g/mol. The zero-order valence-corrected chi connectivity index (χ0v) is 8.49. The Bertz CT molecular complexity index is 525. The zero-order valence-electron chi connectivity index (χ0n) is 8.49. The third kappa shape index (κ3) is 1.44. The lowest BCUT2D eigenvalue weighted by Gasteiger charge is -2.07. The lowest BCUT2D eigenvalue weighted by Crippen LogP contribution is -1.92. The van der Waals surface area contributed by atoms with Crippen molar-refractivity contribution in [1.29, 1.82) is 0 Å². The Hall–Kier alpha value is -2.24. The maximum absolute atomic E-state index is 13.8. The summed E-state index contributed by atoms with van der Waals surface area (Å²) in [5.74, 6) is -1.01. The van der Waals surface area contributed by atoms with Gasteiger partial charge in [-0.25, -0.2) is 4.39 Å². The van der Waals surface area contributed by atoms with Gasteiger partial charge in [0.15, 0.2) is 17.3 Å². The normalized spacial score (nSPS) is 10.4. The number of nitrogens with zero attached hydrogens (tertiary/aromatic N) is 1. The maximum Gasteiger partial charge on any atom is 0.194 e.